The summed E-state index contributed by atoms with van der Waals surface area (Å²) in [5.41, 5.74) is -1.26. The number of pyridine rings is 1. The Morgan fingerprint density at radius 2 is 2.00 bits per heavy atom. The number of hydrogen-bond donors (Lipinski definition) is 1. The fourth-order valence-electron chi connectivity index (χ4n) is 4.03. The van der Waals surface area contributed by atoms with E-state index in [1.807, 2.05) is 19.1 Å². The molecule has 0 aromatic carbocycles. The number of amides is 1. The number of hydrogen-bond acceptors (Lipinski definition) is 3. The lowest BCUT2D eigenvalue weighted by Crippen LogP contribution is -2.43. The van der Waals surface area contributed by atoms with Gasteiger partial charge in [-0.2, -0.15) is 0 Å². The number of carbonyl (C=O) groups excluding carboxylic acids is 2. The zero-order valence-corrected chi connectivity index (χ0v) is 12.2. The Morgan fingerprint density at radius 3 is 2.50 bits per heavy atom. The van der Waals surface area contributed by atoms with Crippen molar-refractivity contribution in [3.05, 3.63) is 24.4 Å². The summed E-state index contributed by atoms with van der Waals surface area (Å²) < 4.78 is 0. The van der Waals surface area contributed by atoms with E-state index in [4.69, 9.17) is 0 Å². The summed E-state index contributed by atoms with van der Waals surface area (Å²) in [6.45, 7) is 6.13. The second kappa shape index (κ2) is 3.90. The first-order valence-corrected chi connectivity index (χ1v) is 7.09. The van der Waals surface area contributed by atoms with Gasteiger partial charge in [0.25, 0.3) is 0 Å². The van der Waals surface area contributed by atoms with E-state index in [0.29, 0.717) is 12.2 Å². The van der Waals surface area contributed by atoms with Crippen molar-refractivity contribution in [1.82, 2.24) is 4.98 Å². The van der Waals surface area contributed by atoms with Gasteiger partial charge < -0.3 is 5.32 Å². The molecule has 1 N–H and O–H groups in total. The Morgan fingerprint density at radius 1 is 1.25 bits per heavy atom. The number of rotatable bonds is 2. The summed E-state index contributed by atoms with van der Waals surface area (Å²) in [5.74, 6) is 0.719. The van der Waals surface area contributed by atoms with Gasteiger partial charge in [-0.25, -0.2) is 4.98 Å². The third kappa shape index (κ3) is 1.39. The molecule has 3 rings (SSSR count). The van der Waals surface area contributed by atoms with Crippen LogP contribution in [0.15, 0.2) is 24.4 Å². The van der Waals surface area contributed by atoms with Crippen LogP contribution in [0.4, 0.5) is 5.82 Å². The molecule has 2 saturated carbocycles. The fraction of sp³-hybridized carbons (Fsp3) is 0.562. The summed E-state index contributed by atoms with van der Waals surface area (Å²) >= 11 is 0. The van der Waals surface area contributed by atoms with Crippen LogP contribution in [-0.2, 0) is 9.59 Å². The van der Waals surface area contributed by atoms with E-state index in [-0.39, 0.29) is 22.5 Å². The smallest absolute Gasteiger partial charge is 0.232 e. The van der Waals surface area contributed by atoms with Crippen LogP contribution < -0.4 is 5.32 Å². The van der Waals surface area contributed by atoms with Gasteiger partial charge in [0.1, 0.15) is 11.6 Å². The molecule has 0 aliphatic heterocycles. The van der Waals surface area contributed by atoms with Crippen LogP contribution >= 0.6 is 0 Å². The monoisotopic (exact) mass is 272 g/mol. The molecule has 4 heteroatoms. The lowest BCUT2D eigenvalue weighted by molar-refractivity contribution is -0.131. The van der Waals surface area contributed by atoms with Crippen molar-refractivity contribution in [2.24, 2.45) is 16.2 Å². The Balaban J connectivity index is 1.94. The molecule has 20 heavy (non-hydrogen) atoms. The van der Waals surface area contributed by atoms with E-state index in [0.717, 1.165) is 12.8 Å². The van der Waals surface area contributed by atoms with Gasteiger partial charge in [-0.15, -0.1) is 0 Å². The molecule has 2 aliphatic rings. The fourth-order valence-corrected chi connectivity index (χ4v) is 4.03. The van der Waals surface area contributed by atoms with E-state index in [1.165, 1.54) is 0 Å². The van der Waals surface area contributed by atoms with E-state index < -0.39 is 5.41 Å². The molecular weight excluding hydrogens is 252 g/mol. The maximum Gasteiger partial charge on any atom is 0.232 e. The number of carbonyl (C=O) groups is 2. The highest BCUT2D eigenvalue weighted by molar-refractivity contribution is 6.04. The number of nitrogens with zero attached hydrogens (tertiary/aromatic N) is 1. The third-order valence-corrected chi connectivity index (χ3v) is 6.05. The highest BCUT2D eigenvalue weighted by Crippen LogP contribution is 2.70. The van der Waals surface area contributed by atoms with Crippen molar-refractivity contribution in [1.29, 1.82) is 0 Å². The number of aromatic nitrogens is 1. The zero-order valence-electron chi connectivity index (χ0n) is 12.2. The summed E-state index contributed by atoms with van der Waals surface area (Å²) in [5, 5.41) is 2.89. The topological polar surface area (TPSA) is 59.1 Å². The number of Topliss-reactive ketones (excluding diaryl/α,β-unsaturated/α-hetero) is 1. The Labute approximate surface area is 119 Å². The van der Waals surface area contributed by atoms with Crippen molar-refractivity contribution in [3.8, 4) is 0 Å². The first-order chi connectivity index (χ1) is 9.33. The van der Waals surface area contributed by atoms with Crippen molar-refractivity contribution in [2.75, 3.05) is 5.32 Å². The van der Waals surface area contributed by atoms with Crippen LogP contribution in [0.25, 0.3) is 0 Å². The molecule has 2 atom stereocenters. The molecule has 1 heterocycles. The second-order valence-corrected chi connectivity index (χ2v) is 6.81. The molecule has 2 bridgehead atoms. The van der Waals surface area contributed by atoms with E-state index in [2.05, 4.69) is 24.1 Å². The van der Waals surface area contributed by atoms with Gasteiger partial charge in [0.05, 0.1) is 5.41 Å². The van der Waals surface area contributed by atoms with Crippen molar-refractivity contribution >= 4 is 17.5 Å². The van der Waals surface area contributed by atoms with Crippen LogP contribution in [0.1, 0.15) is 40.0 Å². The Bertz CT molecular complexity index is 581. The van der Waals surface area contributed by atoms with Gasteiger partial charge in [-0.05, 0) is 30.4 Å². The molecule has 0 radical (unpaired) electrons. The SMILES string of the molecule is CC1(C)[C@@]2(C(=O)Nc3ccccn3)CC[C@]1(C)C(=O)C2. The first-order valence-electron chi connectivity index (χ1n) is 7.09. The van der Waals surface area contributed by atoms with Gasteiger partial charge in [0, 0.05) is 18.0 Å². The first kappa shape index (κ1) is 13.3. The van der Waals surface area contributed by atoms with Crippen molar-refractivity contribution in [2.45, 2.75) is 40.0 Å². The summed E-state index contributed by atoms with van der Waals surface area (Å²) in [4.78, 5) is 29.3. The minimum absolute atomic E-state index is 0.0595. The zero-order chi connectivity index (χ0) is 14.6. The number of fused-ring (bicyclic) bond motifs is 2. The highest BCUT2D eigenvalue weighted by atomic mass is 16.2. The van der Waals surface area contributed by atoms with Crippen molar-refractivity contribution < 1.29 is 9.59 Å². The molecule has 0 saturated heterocycles. The predicted octanol–water partition coefficient (Wildman–Crippen LogP) is 2.81. The molecule has 1 aromatic heterocycles. The molecule has 0 unspecified atom stereocenters. The predicted molar refractivity (Wildman–Crippen MR) is 76.0 cm³/mol. The van der Waals surface area contributed by atoms with Crippen LogP contribution in [0.2, 0.25) is 0 Å². The van der Waals surface area contributed by atoms with E-state index in [9.17, 15) is 9.59 Å². The largest absolute Gasteiger partial charge is 0.310 e. The van der Waals surface area contributed by atoms with Gasteiger partial charge in [-0.1, -0.05) is 26.8 Å². The third-order valence-electron chi connectivity index (χ3n) is 6.05. The summed E-state index contributed by atoms with van der Waals surface area (Å²) in [6.07, 6.45) is 3.58. The number of anilines is 1. The lowest BCUT2D eigenvalue weighted by Gasteiger charge is -2.38. The van der Waals surface area contributed by atoms with Crippen LogP contribution in [0.5, 0.6) is 0 Å². The summed E-state index contributed by atoms with van der Waals surface area (Å²) in [6, 6.07) is 5.42. The quantitative estimate of drug-likeness (QED) is 0.900. The highest BCUT2D eigenvalue weighted by Gasteiger charge is 2.72. The molecule has 0 spiro atoms. The molecular formula is C16H20N2O2. The van der Waals surface area contributed by atoms with E-state index in [1.54, 1.807) is 12.3 Å². The standard InChI is InChI=1S/C16H20N2O2/c1-14(2)15(3)7-8-16(14,10-11(15)19)13(20)18-12-6-4-5-9-17-12/h4-6,9H,7-8,10H2,1-3H3,(H,17,18,20)/t15-,16+/m1/s1. The van der Waals surface area contributed by atoms with Gasteiger partial charge in [0.2, 0.25) is 5.91 Å². The summed E-state index contributed by atoms with van der Waals surface area (Å²) in [7, 11) is 0. The normalized spacial score (nSPS) is 34.2. The van der Waals surface area contributed by atoms with Gasteiger partial charge >= 0.3 is 0 Å². The minimum Gasteiger partial charge on any atom is -0.310 e. The maximum absolute atomic E-state index is 12.8. The molecule has 2 fully saturated rings. The van der Waals surface area contributed by atoms with Gasteiger partial charge in [-0.3, -0.25) is 9.59 Å². The Hall–Kier alpha value is -1.71. The molecule has 106 valence electrons. The van der Waals surface area contributed by atoms with Crippen LogP contribution in [0.3, 0.4) is 0 Å². The second-order valence-electron chi connectivity index (χ2n) is 6.81. The Kier molecular flexibility index (Phi) is 2.59. The van der Waals surface area contributed by atoms with Crippen LogP contribution in [-0.4, -0.2) is 16.7 Å². The van der Waals surface area contributed by atoms with Crippen molar-refractivity contribution in [3.63, 3.8) is 0 Å². The van der Waals surface area contributed by atoms with E-state index >= 15 is 0 Å². The molecule has 1 aromatic rings. The van der Waals surface area contributed by atoms with Crippen LogP contribution in [0, 0.1) is 16.2 Å². The molecule has 2 aliphatic carbocycles. The number of ketones is 1. The van der Waals surface area contributed by atoms with Gasteiger partial charge in [0.15, 0.2) is 0 Å². The maximum atomic E-state index is 12.8. The lowest BCUT2D eigenvalue weighted by atomic mass is 9.64. The minimum atomic E-state index is -0.587. The average Bonchev–Trinajstić information content (AvgIpc) is 2.70. The molecule has 1 amide bonds. The average molecular weight is 272 g/mol. The molecule has 4 nitrogen and oxygen atoms in total. The number of nitrogens with one attached hydrogen (secondary N) is 1.